The van der Waals surface area contributed by atoms with Crippen LogP contribution < -0.4 is 0 Å². The molecule has 1 aromatic carbocycles. The van der Waals surface area contributed by atoms with E-state index in [0.717, 1.165) is 0 Å². The molecule has 1 rings (SSSR count). The Morgan fingerprint density at radius 1 is 1.50 bits per heavy atom. The van der Waals surface area contributed by atoms with Gasteiger partial charge in [0.05, 0.1) is 12.3 Å². The molecule has 0 atom stereocenters. The maximum atomic E-state index is 12.9. The summed E-state index contributed by atoms with van der Waals surface area (Å²) >= 11 is 3.06. The molecule has 0 bridgehead atoms. The lowest BCUT2D eigenvalue weighted by Gasteiger charge is -1.99. The summed E-state index contributed by atoms with van der Waals surface area (Å²) in [6.45, 7) is 0. The highest BCUT2D eigenvalue weighted by atomic mass is 79.9. The van der Waals surface area contributed by atoms with E-state index in [1.165, 1.54) is 0 Å². The fourth-order valence-corrected chi connectivity index (χ4v) is 1.11. The molecule has 0 aliphatic carbocycles. The second kappa shape index (κ2) is 3.19. The molecule has 10 heavy (non-hydrogen) atoms. The van der Waals surface area contributed by atoms with Crippen LogP contribution in [-0.4, -0.2) is 7.85 Å². The molecule has 3 heteroatoms. The third-order valence-electron chi connectivity index (χ3n) is 1.25. The molecule has 0 fully saturated rings. The van der Waals surface area contributed by atoms with E-state index >= 15 is 0 Å². The SMILES string of the molecule is [B]Cc1cccc(Br)c1F. The summed E-state index contributed by atoms with van der Waals surface area (Å²) in [5, 5.41) is 0. The number of hydrogen-bond donors (Lipinski definition) is 0. The highest BCUT2D eigenvalue weighted by Gasteiger charge is 2.01. The van der Waals surface area contributed by atoms with Crippen LogP contribution in [0.1, 0.15) is 5.56 Å². The zero-order chi connectivity index (χ0) is 7.56. The summed E-state index contributed by atoms with van der Waals surface area (Å²) < 4.78 is 13.3. The van der Waals surface area contributed by atoms with Gasteiger partial charge in [0, 0.05) is 0 Å². The minimum Gasteiger partial charge on any atom is -0.205 e. The molecule has 0 spiro atoms. The van der Waals surface area contributed by atoms with E-state index in [0.29, 0.717) is 10.0 Å². The molecule has 0 heterocycles. The molecule has 2 radical (unpaired) electrons. The Bertz CT molecular complexity index is 237. The lowest BCUT2D eigenvalue weighted by Crippen LogP contribution is -1.89. The molecule has 0 unspecified atom stereocenters. The van der Waals surface area contributed by atoms with E-state index in [2.05, 4.69) is 15.9 Å². The summed E-state index contributed by atoms with van der Waals surface area (Å²) in [6, 6.07) is 5.07. The maximum Gasteiger partial charge on any atom is 0.139 e. The molecule has 0 N–H and O–H groups in total. The molecule has 0 aliphatic heterocycles. The molecule has 0 aromatic heterocycles. The van der Waals surface area contributed by atoms with Crippen molar-refractivity contribution >= 4 is 23.8 Å². The molecule has 0 nitrogen and oxygen atoms in total. The normalized spacial score (nSPS) is 9.80. The maximum absolute atomic E-state index is 12.9. The van der Waals surface area contributed by atoms with Crippen molar-refractivity contribution in [2.45, 2.75) is 6.32 Å². The number of hydrogen-bond acceptors (Lipinski definition) is 0. The fraction of sp³-hybridized carbons (Fsp3) is 0.143. The molecule has 50 valence electrons. The van der Waals surface area contributed by atoms with Gasteiger partial charge >= 0.3 is 0 Å². The number of benzene rings is 1. The minimum atomic E-state index is -0.259. The van der Waals surface area contributed by atoms with Crippen molar-refractivity contribution in [2.75, 3.05) is 0 Å². The van der Waals surface area contributed by atoms with Crippen LogP contribution in [0.5, 0.6) is 0 Å². The van der Waals surface area contributed by atoms with E-state index < -0.39 is 0 Å². The van der Waals surface area contributed by atoms with Crippen molar-refractivity contribution in [3.63, 3.8) is 0 Å². The zero-order valence-electron chi connectivity index (χ0n) is 5.27. The summed E-state index contributed by atoms with van der Waals surface area (Å²) in [5.74, 6) is -0.259. The largest absolute Gasteiger partial charge is 0.205 e. The molecular weight excluding hydrogens is 194 g/mol. The standard InChI is InChI=1S/C7H5BBrF/c8-4-5-2-1-3-6(9)7(5)10/h1-3H,4H2. The van der Waals surface area contributed by atoms with Crippen LogP contribution in [0.3, 0.4) is 0 Å². The molecule has 0 aliphatic rings. The average molecular weight is 199 g/mol. The minimum absolute atomic E-state index is 0.241. The summed E-state index contributed by atoms with van der Waals surface area (Å²) in [4.78, 5) is 0. The predicted octanol–water partition coefficient (Wildman–Crippen LogP) is 2.26. The first kappa shape index (κ1) is 7.80. The van der Waals surface area contributed by atoms with Gasteiger partial charge in [-0.25, -0.2) is 4.39 Å². The van der Waals surface area contributed by atoms with Gasteiger partial charge in [-0.3, -0.25) is 0 Å². The second-order valence-corrected chi connectivity index (χ2v) is 2.77. The van der Waals surface area contributed by atoms with Gasteiger partial charge in [-0.1, -0.05) is 18.5 Å². The monoisotopic (exact) mass is 198 g/mol. The highest BCUT2D eigenvalue weighted by Crippen LogP contribution is 2.17. The van der Waals surface area contributed by atoms with Crippen LogP contribution >= 0.6 is 15.9 Å². The van der Waals surface area contributed by atoms with Crippen LogP contribution in [0.15, 0.2) is 22.7 Å². The Morgan fingerprint density at radius 2 is 2.20 bits per heavy atom. The van der Waals surface area contributed by atoms with Gasteiger partial charge in [0.2, 0.25) is 0 Å². The lowest BCUT2D eigenvalue weighted by molar-refractivity contribution is 0.610. The smallest absolute Gasteiger partial charge is 0.139 e. The van der Waals surface area contributed by atoms with E-state index in [-0.39, 0.29) is 12.1 Å². The van der Waals surface area contributed by atoms with Crippen molar-refractivity contribution in [1.82, 2.24) is 0 Å². The number of halogens is 2. The first-order chi connectivity index (χ1) is 4.75. The van der Waals surface area contributed by atoms with Crippen molar-refractivity contribution < 1.29 is 4.39 Å². The summed E-state index contributed by atoms with van der Waals surface area (Å²) in [5.41, 5.74) is 0.536. The highest BCUT2D eigenvalue weighted by molar-refractivity contribution is 9.10. The van der Waals surface area contributed by atoms with Crippen molar-refractivity contribution in [3.05, 3.63) is 34.1 Å². The van der Waals surface area contributed by atoms with Crippen LogP contribution in [0, 0.1) is 5.82 Å². The fourth-order valence-electron chi connectivity index (χ4n) is 0.706. The summed E-state index contributed by atoms with van der Waals surface area (Å²) in [6.07, 6.45) is 0.241. The Hall–Kier alpha value is -0.305. The first-order valence-corrected chi connectivity index (χ1v) is 3.68. The second-order valence-electron chi connectivity index (χ2n) is 1.92. The third-order valence-corrected chi connectivity index (χ3v) is 1.86. The molecular formula is C7H5BBrF. The van der Waals surface area contributed by atoms with Crippen molar-refractivity contribution in [1.29, 1.82) is 0 Å². The molecule has 1 aromatic rings. The zero-order valence-corrected chi connectivity index (χ0v) is 6.86. The van der Waals surface area contributed by atoms with Gasteiger partial charge < -0.3 is 0 Å². The van der Waals surface area contributed by atoms with Crippen LogP contribution in [0.2, 0.25) is 0 Å². The van der Waals surface area contributed by atoms with Gasteiger partial charge in [-0.15, -0.1) is 0 Å². The third kappa shape index (κ3) is 1.40. The lowest BCUT2D eigenvalue weighted by atomic mass is 9.97. The van der Waals surface area contributed by atoms with Crippen molar-refractivity contribution in [3.8, 4) is 0 Å². The van der Waals surface area contributed by atoms with E-state index in [1.807, 2.05) is 0 Å². The van der Waals surface area contributed by atoms with E-state index in [9.17, 15) is 4.39 Å². The summed E-state index contributed by atoms with van der Waals surface area (Å²) in [7, 11) is 5.26. The van der Waals surface area contributed by atoms with Gasteiger partial charge in [0.1, 0.15) is 5.82 Å². The number of rotatable bonds is 1. The van der Waals surface area contributed by atoms with Gasteiger partial charge in [-0.2, -0.15) is 0 Å². The quantitative estimate of drug-likeness (QED) is 0.608. The van der Waals surface area contributed by atoms with Crippen LogP contribution in [0.25, 0.3) is 0 Å². The Labute approximate surface area is 69.0 Å². The molecule has 0 saturated heterocycles. The topological polar surface area (TPSA) is 0 Å². The van der Waals surface area contributed by atoms with Crippen LogP contribution in [0.4, 0.5) is 4.39 Å². The Morgan fingerprint density at radius 3 is 2.70 bits per heavy atom. The molecule has 0 saturated carbocycles. The van der Waals surface area contributed by atoms with Crippen molar-refractivity contribution in [2.24, 2.45) is 0 Å². The predicted molar refractivity (Wildman–Crippen MR) is 43.6 cm³/mol. The van der Waals surface area contributed by atoms with Crippen LogP contribution in [-0.2, 0) is 6.32 Å². The van der Waals surface area contributed by atoms with Gasteiger partial charge in [-0.05, 0) is 27.6 Å². The Kier molecular flexibility index (Phi) is 2.49. The Balaban J connectivity index is 3.14. The van der Waals surface area contributed by atoms with Gasteiger partial charge in [0.15, 0.2) is 0 Å². The van der Waals surface area contributed by atoms with E-state index in [4.69, 9.17) is 7.85 Å². The first-order valence-electron chi connectivity index (χ1n) is 2.88. The van der Waals surface area contributed by atoms with E-state index in [1.54, 1.807) is 18.2 Å². The average Bonchev–Trinajstić information content (AvgIpc) is 1.95. The van der Waals surface area contributed by atoms with Gasteiger partial charge in [0.25, 0.3) is 0 Å². The molecule has 0 amide bonds.